The van der Waals surface area contributed by atoms with Gasteiger partial charge in [0.15, 0.2) is 0 Å². The predicted molar refractivity (Wildman–Crippen MR) is 79.6 cm³/mol. The maximum atomic E-state index is 10.6. The highest BCUT2D eigenvalue weighted by molar-refractivity contribution is 5.73. The van der Waals surface area contributed by atoms with Gasteiger partial charge in [0.05, 0.1) is 0 Å². The van der Waals surface area contributed by atoms with Crippen LogP contribution in [0.15, 0.2) is 24.3 Å². The van der Waals surface area contributed by atoms with Crippen molar-refractivity contribution < 1.29 is 4.79 Å². The van der Waals surface area contributed by atoms with Gasteiger partial charge in [-0.1, -0.05) is 44.0 Å². The molecule has 0 aromatic heterocycles. The van der Waals surface area contributed by atoms with Crippen molar-refractivity contribution in [2.45, 2.75) is 57.9 Å². The molecule has 3 heteroatoms. The molecule has 1 aromatic carbocycles. The Kier molecular flexibility index (Phi) is 7.19. The summed E-state index contributed by atoms with van der Waals surface area (Å²) in [5.74, 6) is -0.228. The van der Waals surface area contributed by atoms with E-state index in [9.17, 15) is 4.79 Å². The van der Waals surface area contributed by atoms with Crippen molar-refractivity contribution in [2.24, 2.45) is 11.5 Å². The van der Waals surface area contributed by atoms with Gasteiger partial charge in [-0.2, -0.15) is 0 Å². The first-order chi connectivity index (χ1) is 9.13. The predicted octanol–water partition coefficient (Wildman–Crippen LogP) is 3.07. The zero-order valence-corrected chi connectivity index (χ0v) is 11.9. The van der Waals surface area contributed by atoms with Crippen molar-refractivity contribution in [1.29, 1.82) is 0 Å². The van der Waals surface area contributed by atoms with E-state index in [2.05, 4.69) is 31.2 Å². The van der Waals surface area contributed by atoms with E-state index in [0.29, 0.717) is 6.42 Å². The van der Waals surface area contributed by atoms with Crippen molar-refractivity contribution in [1.82, 2.24) is 0 Å². The van der Waals surface area contributed by atoms with Gasteiger partial charge in [0.2, 0.25) is 5.91 Å². The van der Waals surface area contributed by atoms with Crippen LogP contribution in [0, 0.1) is 0 Å². The lowest BCUT2D eigenvalue weighted by molar-refractivity contribution is -0.118. The number of hydrogen-bond acceptors (Lipinski definition) is 2. The fraction of sp³-hybridized carbons (Fsp3) is 0.562. The highest BCUT2D eigenvalue weighted by Crippen LogP contribution is 2.18. The van der Waals surface area contributed by atoms with Gasteiger partial charge in [-0.25, -0.2) is 0 Å². The molecule has 0 aliphatic heterocycles. The van der Waals surface area contributed by atoms with Gasteiger partial charge in [0, 0.05) is 12.5 Å². The van der Waals surface area contributed by atoms with Crippen LogP contribution in [0.3, 0.4) is 0 Å². The Morgan fingerprint density at radius 1 is 1.16 bits per heavy atom. The largest absolute Gasteiger partial charge is 0.370 e. The summed E-state index contributed by atoms with van der Waals surface area (Å²) in [6.45, 7) is 2.20. The second-order valence-corrected chi connectivity index (χ2v) is 5.16. The Balaban J connectivity index is 2.35. The monoisotopic (exact) mass is 262 g/mol. The van der Waals surface area contributed by atoms with E-state index < -0.39 is 0 Å². The van der Waals surface area contributed by atoms with Crippen LogP contribution in [0.2, 0.25) is 0 Å². The minimum Gasteiger partial charge on any atom is -0.370 e. The molecule has 1 aromatic rings. The van der Waals surface area contributed by atoms with Gasteiger partial charge in [0.25, 0.3) is 0 Å². The molecule has 0 fully saturated rings. The zero-order chi connectivity index (χ0) is 14.1. The van der Waals surface area contributed by atoms with E-state index in [4.69, 9.17) is 11.5 Å². The third-order valence-electron chi connectivity index (χ3n) is 3.42. The Labute approximate surface area is 116 Å². The standard InChI is InChI=1S/C16H26N2O/c1-2-3-6-13-9-11-14(12-10-13)15(17)7-4-5-8-16(18)19/h9-12,15H,2-8,17H2,1H3,(H2,18,19). The van der Waals surface area contributed by atoms with Gasteiger partial charge in [-0.3, -0.25) is 4.79 Å². The van der Waals surface area contributed by atoms with Crippen molar-refractivity contribution in [3.05, 3.63) is 35.4 Å². The summed E-state index contributed by atoms with van der Waals surface area (Å²) in [5, 5.41) is 0. The second kappa shape index (κ2) is 8.70. The number of primary amides is 1. The van der Waals surface area contributed by atoms with E-state index >= 15 is 0 Å². The molecule has 0 spiro atoms. The molecule has 0 saturated carbocycles. The topological polar surface area (TPSA) is 69.1 Å². The van der Waals surface area contributed by atoms with Crippen LogP contribution in [0.25, 0.3) is 0 Å². The van der Waals surface area contributed by atoms with E-state index in [1.165, 1.54) is 24.0 Å². The number of amides is 1. The maximum absolute atomic E-state index is 10.6. The summed E-state index contributed by atoms with van der Waals surface area (Å²) < 4.78 is 0. The summed E-state index contributed by atoms with van der Waals surface area (Å²) in [6.07, 6.45) is 6.74. The summed E-state index contributed by atoms with van der Waals surface area (Å²) >= 11 is 0. The minimum atomic E-state index is -0.228. The van der Waals surface area contributed by atoms with E-state index in [1.807, 2.05) is 0 Å². The van der Waals surface area contributed by atoms with Crippen LogP contribution in [-0.4, -0.2) is 5.91 Å². The number of benzene rings is 1. The number of carbonyl (C=O) groups is 1. The van der Waals surface area contributed by atoms with Crippen LogP contribution in [0.4, 0.5) is 0 Å². The first-order valence-electron chi connectivity index (χ1n) is 7.26. The van der Waals surface area contributed by atoms with Gasteiger partial charge in [-0.05, 0) is 36.8 Å². The number of hydrogen-bond donors (Lipinski definition) is 2. The first-order valence-corrected chi connectivity index (χ1v) is 7.26. The van der Waals surface area contributed by atoms with Crippen molar-refractivity contribution in [3.8, 4) is 0 Å². The normalized spacial score (nSPS) is 12.3. The highest BCUT2D eigenvalue weighted by atomic mass is 16.1. The Hall–Kier alpha value is -1.35. The molecule has 4 N–H and O–H groups in total. The third kappa shape index (κ3) is 6.39. The molecule has 1 atom stereocenters. The second-order valence-electron chi connectivity index (χ2n) is 5.16. The zero-order valence-electron chi connectivity index (χ0n) is 11.9. The molecule has 0 heterocycles. The number of carbonyl (C=O) groups excluding carboxylic acids is 1. The van der Waals surface area contributed by atoms with Crippen LogP contribution < -0.4 is 11.5 Å². The van der Waals surface area contributed by atoms with Crippen LogP contribution in [-0.2, 0) is 11.2 Å². The quantitative estimate of drug-likeness (QED) is 0.671. The maximum Gasteiger partial charge on any atom is 0.217 e. The van der Waals surface area contributed by atoms with Crippen LogP contribution >= 0.6 is 0 Å². The third-order valence-corrected chi connectivity index (χ3v) is 3.42. The van der Waals surface area contributed by atoms with E-state index in [-0.39, 0.29) is 11.9 Å². The van der Waals surface area contributed by atoms with Crippen LogP contribution in [0.1, 0.15) is 62.6 Å². The Morgan fingerprint density at radius 2 is 1.84 bits per heavy atom. The fourth-order valence-electron chi connectivity index (χ4n) is 2.14. The summed E-state index contributed by atoms with van der Waals surface area (Å²) in [6, 6.07) is 8.67. The molecule has 1 unspecified atom stereocenters. The lowest BCUT2D eigenvalue weighted by atomic mass is 9.99. The van der Waals surface area contributed by atoms with E-state index in [1.54, 1.807) is 0 Å². The first kappa shape index (κ1) is 15.7. The number of unbranched alkanes of at least 4 members (excludes halogenated alkanes) is 2. The molecule has 0 aliphatic rings. The lowest BCUT2D eigenvalue weighted by Crippen LogP contribution is -2.12. The van der Waals surface area contributed by atoms with Crippen molar-refractivity contribution in [2.75, 3.05) is 0 Å². The molecule has 0 radical (unpaired) electrons. The Bertz CT molecular complexity index is 373. The van der Waals surface area contributed by atoms with Crippen molar-refractivity contribution >= 4 is 5.91 Å². The SMILES string of the molecule is CCCCc1ccc(C(N)CCCCC(N)=O)cc1. The molecule has 0 bridgehead atoms. The fourth-order valence-corrected chi connectivity index (χ4v) is 2.14. The minimum absolute atomic E-state index is 0.0631. The van der Waals surface area contributed by atoms with Gasteiger partial charge in [-0.15, -0.1) is 0 Å². The molecule has 3 nitrogen and oxygen atoms in total. The van der Waals surface area contributed by atoms with Crippen LogP contribution in [0.5, 0.6) is 0 Å². The summed E-state index contributed by atoms with van der Waals surface area (Å²) in [5.41, 5.74) is 13.8. The van der Waals surface area contributed by atoms with Gasteiger partial charge < -0.3 is 11.5 Å². The molecule has 1 amide bonds. The summed E-state index contributed by atoms with van der Waals surface area (Å²) in [7, 11) is 0. The smallest absolute Gasteiger partial charge is 0.217 e. The number of aryl methyl sites for hydroxylation is 1. The average molecular weight is 262 g/mol. The Morgan fingerprint density at radius 3 is 2.42 bits per heavy atom. The average Bonchev–Trinajstić information content (AvgIpc) is 2.41. The summed E-state index contributed by atoms with van der Waals surface area (Å²) in [4.78, 5) is 10.6. The number of nitrogens with two attached hydrogens (primary N) is 2. The molecule has 1 rings (SSSR count). The molecule has 0 aliphatic carbocycles. The van der Waals surface area contributed by atoms with Crippen molar-refractivity contribution in [3.63, 3.8) is 0 Å². The molecular weight excluding hydrogens is 236 g/mol. The molecule has 0 saturated heterocycles. The lowest BCUT2D eigenvalue weighted by Gasteiger charge is -2.12. The highest BCUT2D eigenvalue weighted by Gasteiger charge is 2.06. The molecular formula is C16H26N2O. The van der Waals surface area contributed by atoms with Gasteiger partial charge in [0.1, 0.15) is 0 Å². The van der Waals surface area contributed by atoms with E-state index in [0.717, 1.165) is 25.7 Å². The molecule has 19 heavy (non-hydrogen) atoms. The molecule has 106 valence electrons. The van der Waals surface area contributed by atoms with Gasteiger partial charge >= 0.3 is 0 Å². The number of rotatable bonds is 9.